The van der Waals surface area contributed by atoms with Gasteiger partial charge in [-0.1, -0.05) is 12.1 Å². The van der Waals surface area contributed by atoms with Crippen LogP contribution in [0.25, 0.3) is 5.78 Å². The zero-order valence-electron chi connectivity index (χ0n) is 13.1. The largest absolute Gasteiger partial charge is 0.377 e. The van der Waals surface area contributed by atoms with Gasteiger partial charge in [-0.05, 0) is 30.0 Å². The van der Waals surface area contributed by atoms with Crippen LogP contribution < -0.4 is 0 Å². The highest BCUT2D eigenvalue weighted by atomic mass is 19.1. The molecule has 1 aliphatic carbocycles. The van der Waals surface area contributed by atoms with Crippen LogP contribution in [-0.2, 0) is 17.8 Å². The van der Waals surface area contributed by atoms with Gasteiger partial charge in [-0.25, -0.2) is 13.9 Å². The molecule has 0 saturated carbocycles. The summed E-state index contributed by atoms with van der Waals surface area (Å²) >= 11 is 0. The number of benzene rings is 1. The molecule has 122 valence electrons. The third-order valence-electron chi connectivity index (χ3n) is 4.30. The number of ether oxygens (including phenoxy) is 1. The van der Waals surface area contributed by atoms with Crippen molar-refractivity contribution in [1.29, 1.82) is 0 Å². The Morgan fingerprint density at radius 2 is 2.08 bits per heavy atom. The highest BCUT2D eigenvalue weighted by Gasteiger charge is 2.29. The average Bonchev–Trinajstić information content (AvgIpc) is 2.99. The second-order valence-corrected chi connectivity index (χ2v) is 5.87. The molecule has 0 radical (unpaired) electrons. The Morgan fingerprint density at radius 3 is 2.83 bits per heavy atom. The van der Waals surface area contributed by atoms with Gasteiger partial charge in [0, 0.05) is 19.7 Å². The monoisotopic (exact) mass is 326 g/mol. The maximum absolute atomic E-state index is 13.1. The van der Waals surface area contributed by atoms with Crippen LogP contribution in [0.1, 0.15) is 39.8 Å². The first-order chi connectivity index (χ1) is 11.7. The first kappa shape index (κ1) is 14.9. The van der Waals surface area contributed by atoms with Crippen LogP contribution in [0, 0.1) is 5.82 Å². The van der Waals surface area contributed by atoms with E-state index in [0.29, 0.717) is 30.0 Å². The maximum Gasteiger partial charge on any atom is 0.252 e. The van der Waals surface area contributed by atoms with Gasteiger partial charge in [0.05, 0.1) is 11.3 Å². The minimum Gasteiger partial charge on any atom is -0.377 e. The van der Waals surface area contributed by atoms with Crippen molar-refractivity contribution in [2.45, 2.75) is 25.4 Å². The number of carbonyl (C=O) groups is 1. The molecule has 1 aliphatic rings. The van der Waals surface area contributed by atoms with E-state index in [0.717, 1.165) is 11.3 Å². The molecule has 4 rings (SSSR count). The van der Waals surface area contributed by atoms with Gasteiger partial charge in [0.1, 0.15) is 12.4 Å². The van der Waals surface area contributed by atoms with Crippen molar-refractivity contribution in [2.75, 3.05) is 7.11 Å². The van der Waals surface area contributed by atoms with E-state index in [1.165, 1.54) is 12.1 Å². The lowest BCUT2D eigenvalue weighted by Crippen LogP contribution is -2.22. The molecule has 7 heteroatoms. The van der Waals surface area contributed by atoms with Crippen LogP contribution in [0.5, 0.6) is 0 Å². The lowest BCUT2D eigenvalue weighted by atomic mass is 9.82. The number of carbonyl (C=O) groups excluding carboxylic acids is 1. The van der Waals surface area contributed by atoms with Gasteiger partial charge in [0.25, 0.3) is 5.78 Å². The highest BCUT2D eigenvalue weighted by molar-refractivity contribution is 5.98. The normalized spacial score (nSPS) is 17.2. The van der Waals surface area contributed by atoms with Crippen molar-refractivity contribution in [3.63, 3.8) is 0 Å². The molecular formula is C17H15FN4O2. The summed E-state index contributed by atoms with van der Waals surface area (Å²) in [5.41, 5.74) is 2.31. The Hall–Kier alpha value is -2.67. The Labute approximate surface area is 137 Å². The molecular weight excluding hydrogens is 311 g/mol. The van der Waals surface area contributed by atoms with E-state index in [9.17, 15) is 9.18 Å². The van der Waals surface area contributed by atoms with E-state index in [1.54, 1.807) is 30.0 Å². The zero-order chi connectivity index (χ0) is 16.7. The van der Waals surface area contributed by atoms with Crippen LogP contribution in [-0.4, -0.2) is 32.5 Å². The number of hydrogen-bond donors (Lipinski definition) is 0. The number of ketones is 1. The molecule has 0 bridgehead atoms. The van der Waals surface area contributed by atoms with Crippen molar-refractivity contribution in [2.24, 2.45) is 0 Å². The van der Waals surface area contributed by atoms with Crippen molar-refractivity contribution < 1.29 is 13.9 Å². The van der Waals surface area contributed by atoms with Crippen LogP contribution in [0.3, 0.4) is 0 Å². The fourth-order valence-corrected chi connectivity index (χ4v) is 3.15. The van der Waals surface area contributed by atoms with E-state index in [2.05, 4.69) is 15.1 Å². The summed E-state index contributed by atoms with van der Waals surface area (Å²) in [7, 11) is 1.57. The van der Waals surface area contributed by atoms with Gasteiger partial charge in [-0.2, -0.15) is 4.98 Å². The second-order valence-electron chi connectivity index (χ2n) is 5.87. The molecule has 1 aromatic carbocycles. The van der Waals surface area contributed by atoms with E-state index in [-0.39, 0.29) is 24.1 Å². The molecule has 2 aromatic heterocycles. The summed E-state index contributed by atoms with van der Waals surface area (Å²) in [4.78, 5) is 21.0. The highest BCUT2D eigenvalue weighted by Crippen LogP contribution is 2.32. The Bertz CT molecular complexity index is 920. The third-order valence-corrected chi connectivity index (χ3v) is 4.30. The standard InChI is InChI=1S/C17H15FN4O2/c1-24-9-16-20-17-19-8-13-14(22(17)21-16)6-11(7-15(13)23)10-2-4-12(18)5-3-10/h2-5,8,11H,6-7,9H2,1H3. The summed E-state index contributed by atoms with van der Waals surface area (Å²) in [6, 6.07) is 6.30. The molecule has 3 aromatic rings. The van der Waals surface area contributed by atoms with Gasteiger partial charge in [0.15, 0.2) is 11.6 Å². The fourth-order valence-electron chi connectivity index (χ4n) is 3.15. The van der Waals surface area contributed by atoms with E-state index in [1.807, 2.05) is 0 Å². The number of rotatable bonds is 3. The second kappa shape index (κ2) is 5.76. The number of Topliss-reactive ketones (excluding diaryl/α,β-unsaturated/α-hetero) is 1. The molecule has 24 heavy (non-hydrogen) atoms. The minimum absolute atomic E-state index is 0.00808. The van der Waals surface area contributed by atoms with E-state index < -0.39 is 0 Å². The molecule has 0 spiro atoms. The van der Waals surface area contributed by atoms with Crippen molar-refractivity contribution in [3.8, 4) is 0 Å². The molecule has 0 N–H and O–H groups in total. The molecule has 0 saturated heterocycles. The van der Waals surface area contributed by atoms with Crippen molar-refractivity contribution in [1.82, 2.24) is 19.6 Å². The van der Waals surface area contributed by atoms with E-state index >= 15 is 0 Å². The first-order valence-electron chi connectivity index (χ1n) is 7.67. The van der Waals surface area contributed by atoms with Gasteiger partial charge >= 0.3 is 0 Å². The topological polar surface area (TPSA) is 69.4 Å². The fraction of sp³-hybridized carbons (Fsp3) is 0.294. The van der Waals surface area contributed by atoms with E-state index in [4.69, 9.17) is 4.74 Å². The number of fused-ring (bicyclic) bond motifs is 3. The Balaban J connectivity index is 1.78. The first-order valence-corrected chi connectivity index (χ1v) is 7.67. The van der Waals surface area contributed by atoms with Gasteiger partial charge in [0.2, 0.25) is 0 Å². The molecule has 0 aliphatic heterocycles. The smallest absolute Gasteiger partial charge is 0.252 e. The van der Waals surface area contributed by atoms with Gasteiger partial charge in [-0.15, -0.1) is 5.10 Å². The molecule has 0 fully saturated rings. The lowest BCUT2D eigenvalue weighted by Gasteiger charge is -2.23. The van der Waals surface area contributed by atoms with Crippen molar-refractivity contribution in [3.05, 3.63) is 58.9 Å². The summed E-state index contributed by atoms with van der Waals surface area (Å²) in [5, 5.41) is 4.40. The number of aromatic nitrogens is 4. The number of methoxy groups -OCH3 is 1. The quantitative estimate of drug-likeness (QED) is 0.739. The van der Waals surface area contributed by atoms with Crippen LogP contribution in [0.15, 0.2) is 30.5 Å². The molecule has 1 unspecified atom stereocenters. The Morgan fingerprint density at radius 1 is 1.29 bits per heavy atom. The summed E-state index contributed by atoms with van der Waals surface area (Å²) < 4.78 is 19.8. The number of hydrogen-bond acceptors (Lipinski definition) is 5. The SMILES string of the molecule is COCc1nc2ncc3c(n2n1)CC(c1ccc(F)cc1)CC3=O. The zero-order valence-corrected chi connectivity index (χ0v) is 13.1. The maximum atomic E-state index is 13.1. The summed E-state index contributed by atoms with van der Waals surface area (Å²) in [6.07, 6.45) is 2.58. The number of halogens is 1. The molecule has 1 atom stereocenters. The van der Waals surface area contributed by atoms with Gasteiger partial charge in [-0.3, -0.25) is 4.79 Å². The molecule has 6 nitrogen and oxygen atoms in total. The predicted octanol–water partition coefficient (Wildman–Crippen LogP) is 2.32. The Kier molecular flexibility index (Phi) is 3.57. The predicted molar refractivity (Wildman–Crippen MR) is 83.3 cm³/mol. The van der Waals surface area contributed by atoms with Crippen molar-refractivity contribution >= 4 is 11.6 Å². The number of nitrogens with zero attached hydrogens (tertiary/aromatic N) is 4. The molecule has 0 amide bonds. The van der Waals surface area contributed by atoms with Crippen LogP contribution in [0.4, 0.5) is 4.39 Å². The average molecular weight is 326 g/mol. The lowest BCUT2D eigenvalue weighted by molar-refractivity contribution is 0.0962. The minimum atomic E-state index is -0.284. The van der Waals surface area contributed by atoms with Crippen LogP contribution >= 0.6 is 0 Å². The van der Waals surface area contributed by atoms with Gasteiger partial charge < -0.3 is 4.74 Å². The third kappa shape index (κ3) is 2.46. The van der Waals surface area contributed by atoms with Crippen LogP contribution in [0.2, 0.25) is 0 Å². The molecule has 2 heterocycles. The summed E-state index contributed by atoms with van der Waals surface area (Å²) in [6.45, 7) is 0.285. The summed E-state index contributed by atoms with van der Waals surface area (Å²) in [5.74, 6) is 0.700.